The summed E-state index contributed by atoms with van der Waals surface area (Å²) in [5.41, 5.74) is 3.88. The van der Waals surface area contributed by atoms with Gasteiger partial charge in [-0.1, -0.05) is 48.5 Å². The molecule has 0 amide bonds. The summed E-state index contributed by atoms with van der Waals surface area (Å²) in [5, 5.41) is 10.6. The maximum atomic E-state index is 13.0. The third kappa shape index (κ3) is 1.71. The van der Waals surface area contributed by atoms with Crippen molar-refractivity contribution in [1.82, 2.24) is 4.57 Å². The third-order valence-corrected chi connectivity index (χ3v) is 4.37. The summed E-state index contributed by atoms with van der Waals surface area (Å²) in [7, 11) is 0. The summed E-state index contributed by atoms with van der Waals surface area (Å²) in [4.78, 5) is 13.0. The van der Waals surface area contributed by atoms with E-state index in [0.717, 1.165) is 41.4 Å². The van der Waals surface area contributed by atoms with Crippen molar-refractivity contribution in [3.63, 3.8) is 0 Å². The van der Waals surface area contributed by atoms with E-state index in [2.05, 4.69) is 12.1 Å². The third-order valence-electron chi connectivity index (χ3n) is 4.37. The summed E-state index contributed by atoms with van der Waals surface area (Å²) >= 11 is 0. The number of benzene rings is 2. The SMILES string of the molecule is N#Cc1c(-c2ccccc2)c(=O)n2c3c(cccc13)CCC2. The molecule has 2 heterocycles. The fourth-order valence-electron chi connectivity index (χ4n) is 3.42. The van der Waals surface area contributed by atoms with Crippen molar-refractivity contribution in [1.29, 1.82) is 5.26 Å². The Balaban J connectivity index is 2.23. The van der Waals surface area contributed by atoms with Crippen LogP contribution in [0.5, 0.6) is 0 Å². The topological polar surface area (TPSA) is 45.8 Å². The highest BCUT2D eigenvalue weighted by molar-refractivity contribution is 5.93. The molecule has 0 bridgehead atoms. The van der Waals surface area contributed by atoms with Crippen molar-refractivity contribution in [2.45, 2.75) is 19.4 Å². The monoisotopic (exact) mass is 286 g/mol. The number of pyridine rings is 1. The van der Waals surface area contributed by atoms with Crippen molar-refractivity contribution in [3.8, 4) is 17.2 Å². The Morgan fingerprint density at radius 2 is 1.86 bits per heavy atom. The number of nitrogens with zero attached hydrogens (tertiary/aromatic N) is 2. The van der Waals surface area contributed by atoms with E-state index in [1.165, 1.54) is 0 Å². The Morgan fingerprint density at radius 3 is 2.64 bits per heavy atom. The minimum atomic E-state index is -0.0533. The average molecular weight is 286 g/mol. The van der Waals surface area contributed by atoms with Gasteiger partial charge in [-0.2, -0.15) is 5.26 Å². The van der Waals surface area contributed by atoms with Crippen molar-refractivity contribution in [2.75, 3.05) is 0 Å². The van der Waals surface area contributed by atoms with Crippen molar-refractivity contribution < 1.29 is 0 Å². The largest absolute Gasteiger partial charge is 0.307 e. The molecule has 0 unspecified atom stereocenters. The van der Waals surface area contributed by atoms with Crippen LogP contribution in [0.1, 0.15) is 17.5 Å². The minimum Gasteiger partial charge on any atom is -0.307 e. The van der Waals surface area contributed by atoms with Gasteiger partial charge in [-0.05, 0) is 24.0 Å². The van der Waals surface area contributed by atoms with Crippen molar-refractivity contribution in [3.05, 3.63) is 70.0 Å². The minimum absolute atomic E-state index is 0.0533. The molecule has 3 aromatic rings. The van der Waals surface area contributed by atoms with Crippen LogP contribution in [-0.2, 0) is 13.0 Å². The number of para-hydroxylation sites is 1. The van der Waals surface area contributed by atoms with E-state index in [-0.39, 0.29) is 5.56 Å². The fraction of sp³-hybridized carbons (Fsp3) is 0.158. The van der Waals surface area contributed by atoms with Crippen LogP contribution in [0, 0.1) is 11.3 Å². The van der Waals surface area contributed by atoms with E-state index in [0.29, 0.717) is 11.1 Å². The number of rotatable bonds is 1. The Morgan fingerprint density at radius 1 is 1.05 bits per heavy atom. The lowest BCUT2D eigenvalue weighted by Gasteiger charge is -2.21. The molecule has 0 radical (unpaired) electrons. The number of aryl methyl sites for hydroxylation is 2. The van der Waals surface area contributed by atoms with E-state index >= 15 is 0 Å². The number of hydrogen-bond acceptors (Lipinski definition) is 2. The molecule has 1 aliphatic rings. The molecule has 0 N–H and O–H groups in total. The first-order valence-corrected chi connectivity index (χ1v) is 7.45. The molecule has 0 spiro atoms. The maximum Gasteiger partial charge on any atom is 0.260 e. The molecule has 3 heteroatoms. The van der Waals surface area contributed by atoms with Crippen molar-refractivity contribution in [2.24, 2.45) is 0 Å². The van der Waals surface area contributed by atoms with Gasteiger partial charge in [-0.3, -0.25) is 4.79 Å². The van der Waals surface area contributed by atoms with E-state index in [4.69, 9.17) is 0 Å². The second-order valence-corrected chi connectivity index (χ2v) is 5.60. The van der Waals surface area contributed by atoms with Crippen molar-refractivity contribution >= 4 is 10.9 Å². The Labute approximate surface area is 128 Å². The summed E-state index contributed by atoms with van der Waals surface area (Å²) < 4.78 is 1.84. The molecule has 106 valence electrons. The van der Waals surface area contributed by atoms with Crippen LogP contribution in [0.3, 0.4) is 0 Å². The zero-order chi connectivity index (χ0) is 15.1. The molecule has 0 aliphatic carbocycles. The van der Waals surface area contributed by atoms with Crippen LogP contribution in [0.25, 0.3) is 22.0 Å². The van der Waals surface area contributed by atoms with Crippen LogP contribution in [0.4, 0.5) is 0 Å². The summed E-state index contributed by atoms with van der Waals surface area (Å²) in [6.45, 7) is 0.720. The van der Waals surface area contributed by atoms with Gasteiger partial charge in [0.15, 0.2) is 0 Å². The van der Waals surface area contributed by atoms with Gasteiger partial charge in [0.05, 0.1) is 16.6 Å². The summed E-state index contributed by atoms with van der Waals surface area (Å²) in [6.07, 6.45) is 1.93. The normalized spacial score (nSPS) is 13.0. The zero-order valence-electron chi connectivity index (χ0n) is 12.0. The van der Waals surface area contributed by atoms with Gasteiger partial charge in [0.1, 0.15) is 6.07 Å². The van der Waals surface area contributed by atoms with Crippen LogP contribution < -0.4 is 5.56 Å². The highest BCUT2D eigenvalue weighted by atomic mass is 16.1. The van der Waals surface area contributed by atoms with Gasteiger partial charge in [0.2, 0.25) is 0 Å². The lowest BCUT2D eigenvalue weighted by molar-refractivity contribution is 0.616. The van der Waals surface area contributed by atoms with E-state index in [9.17, 15) is 10.1 Å². The standard InChI is InChI=1S/C19H14N2O/c20-12-16-15-10-4-8-14-9-5-11-21(18(14)15)19(22)17(16)13-6-2-1-3-7-13/h1-4,6-8,10H,5,9,11H2. The predicted molar refractivity (Wildman–Crippen MR) is 86.7 cm³/mol. The Bertz CT molecular complexity index is 978. The molecule has 2 aromatic carbocycles. The van der Waals surface area contributed by atoms with Crippen LogP contribution >= 0.6 is 0 Å². The lowest BCUT2D eigenvalue weighted by Crippen LogP contribution is -2.27. The Hall–Kier alpha value is -2.86. The van der Waals surface area contributed by atoms with Crippen LogP contribution in [-0.4, -0.2) is 4.57 Å². The molecule has 0 saturated carbocycles. The molecule has 3 nitrogen and oxygen atoms in total. The summed E-state index contributed by atoms with van der Waals surface area (Å²) in [5.74, 6) is 0. The quantitative estimate of drug-likeness (QED) is 0.687. The number of aromatic nitrogens is 1. The first-order chi connectivity index (χ1) is 10.8. The highest BCUT2D eigenvalue weighted by Gasteiger charge is 2.21. The highest BCUT2D eigenvalue weighted by Crippen LogP contribution is 2.31. The van der Waals surface area contributed by atoms with Gasteiger partial charge in [0, 0.05) is 11.9 Å². The van der Waals surface area contributed by atoms with Gasteiger partial charge in [-0.25, -0.2) is 0 Å². The molecule has 0 saturated heterocycles. The molecular formula is C19H14N2O. The maximum absolute atomic E-state index is 13.0. The first-order valence-electron chi connectivity index (χ1n) is 7.45. The molecule has 22 heavy (non-hydrogen) atoms. The first kappa shape index (κ1) is 12.8. The predicted octanol–water partition coefficient (Wildman–Crippen LogP) is 3.49. The summed E-state index contributed by atoms with van der Waals surface area (Å²) in [6, 6.07) is 17.7. The van der Waals surface area contributed by atoms with Crippen LogP contribution in [0.2, 0.25) is 0 Å². The average Bonchev–Trinajstić information content (AvgIpc) is 2.58. The molecule has 0 fully saturated rings. The molecule has 4 rings (SSSR count). The van der Waals surface area contributed by atoms with Crippen LogP contribution in [0.15, 0.2) is 53.3 Å². The molecule has 1 aromatic heterocycles. The zero-order valence-corrected chi connectivity index (χ0v) is 12.0. The van der Waals surface area contributed by atoms with Gasteiger partial charge >= 0.3 is 0 Å². The van der Waals surface area contributed by atoms with Gasteiger partial charge in [0.25, 0.3) is 5.56 Å². The molecular weight excluding hydrogens is 272 g/mol. The Kier molecular flexibility index (Phi) is 2.83. The van der Waals surface area contributed by atoms with E-state index in [1.54, 1.807) is 0 Å². The van der Waals surface area contributed by atoms with Gasteiger partial charge < -0.3 is 4.57 Å². The number of hydrogen-bond donors (Lipinski definition) is 0. The number of nitriles is 1. The van der Waals surface area contributed by atoms with E-state index in [1.807, 2.05) is 47.0 Å². The fourth-order valence-corrected chi connectivity index (χ4v) is 3.42. The second-order valence-electron chi connectivity index (χ2n) is 5.60. The lowest BCUT2D eigenvalue weighted by atomic mass is 9.93. The molecule has 1 aliphatic heterocycles. The van der Waals surface area contributed by atoms with E-state index < -0.39 is 0 Å². The second kappa shape index (κ2) is 4.85. The molecule has 0 atom stereocenters. The van der Waals surface area contributed by atoms with Gasteiger partial charge in [-0.15, -0.1) is 0 Å². The smallest absolute Gasteiger partial charge is 0.260 e.